The molecule has 0 spiro atoms. The molecule has 1 aliphatic heterocycles. The highest BCUT2D eigenvalue weighted by Crippen LogP contribution is 1.95. The van der Waals surface area contributed by atoms with Crippen LogP contribution < -0.4 is 10.6 Å². The molecule has 1 amide bonds. The standard InChI is InChI=1S/C9H16N2O4/c1-2-14-8(12)6-11-9(13)7-5-10-3-4-15-7/h7,10H,2-6H2,1H3,(H,11,13). The minimum atomic E-state index is -0.506. The fourth-order valence-corrected chi connectivity index (χ4v) is 1.22. The van der Waals surface area contributed by atoms with Crippen LogP contribution in [0.1, 0.15) is 6.92 Å². The Morgan fingerprint density at radius 1 is 1.60 bits per heavy atom. The molecule has 1 heterocycles. The van der Waals surface area contributed by atoms with Crippen molar-refractivity contribution >= 4 is 11.9 Å². The molecule has 0 saturated carbocycles. The molecular formula is C9H16N2O4. The number of hydrogen-bond acceptors (Lipinski definition) is 5. The van der Waals surface area contributed by atoms with Gasteiger partial charge in [0.25, 0.3) is 5.91 Å². The third-order valence-electron chi connectivity index (χ3n) is 1.93. The molecule has 0 radical (unpaired) electrons. The molecule has 0 bridgehead atoms. The molecule has 1 unspecified atom stereocenters. The molecule has 1 saturated heterocycles. The maximum atomic E-state index is 11.4. The Bertz CT molecular complexity index is 226. The second kappa shape index (κ2) is 6.36. The van der Waals surface area contributed by atoms with Gasteiger partial charge >= 0.3 is 5.97 Å². The first-order valence-electron chi connectivity index (χ1n) is 4.99. The Labute approximate surface area is 88.3 Å². The van der Waals surface area contributed by atoms with Crippen LogP contribution in [-0.2, 0) is 19.1 Å². The zero-order chi connectivity index (χ0) is 11.1. The van der Waals surface area contributed by atoms with Crippen molar-refractivity contribution < 1.29 is 19.1 Å². The number of hydrogen-bond donors (Lipinski definition) is 2. The lowest BCUT2D eigenvalue weighted by Crippen LogP contribution is -2.48. The van der Waals surface area contributed by atoms with Gasteiger partial charge in [0.15, 0.2) is 0 Å². The summed E-state index contributed by atoms with van der Waals surface area (Å²) >= 11 is 0. The first-order valence-corrected chi connectivity index (χ1v) is 4.99. The summed E-state index contributed by atoms with van der Waals surface area (Å²) in [5.41, 5.74) is 0. The van der Waals surface area contributed by atoms with Crippen LogP contribution in [0.2, 0.25) is 0 Å². The summed E-state index contributed by atoms with van der Waals surface area (Å²) < 4.78 is 9.87. The smallest absolute Gasteiger partial charge is 0.325 e. The maximum Gasteiger partial charge on any atom is 0.325 e. The van der Waals surface area contributed by atoms with Crippen molar-refractivity contribution in [2.45, 2.75) is 13.0 Å². The molecule has 15 heavy (non-hydrogen) atoms. The summed E-state index contributed by atoms with van der Waals surface area (Å²) in [7, 11) is 0. The van der Waals surface area contributed by atoms with Gasteiger partial charge in [-0.2, -0.15) is 0 Å². The van der Waals surface area contributed by atoms with Gasteiger partial charge in [-0.15, -0.1) is 0 Å². The van der Waals surface area contributed by atoms with E-state index in [0.29, 0.717) is 19.8 Å². The summed E-state index contributed by atoms with van der Waals surface area (Å²) in [5.74, 6) is -0.718. The molecule has 1 fully saturated rings. The molecule has 0 aromatic heterocycles. The van der Waals surface area contributed by atoms with Gasteiger partial charge in [0.05, 0.1) is 13.2 Å². The number of nitrogens with one attached hydrogen (secondary N) is 2. The Balaban J connectivity index is 2.19. The third-order valence-corrected chi connectivity index (χ3v) is 1.93. The molecule has 0 aromatic rings. The van der Waals surface area contributed by atoms with E-state index in [-0.39, 0.29) is 12.5 Å². The van der Waals surface area contributed by atoms with Crippen molar-refractivity contribution in [1.82, 2.24) is 10.6 Å². The number of morpholine rings is 1. The fraction of sp³-hybridized carbons (Fsp3) is 0.778. The highest BCUT2D eigenvalue weighted by Gasteiger charge is 2.21. The number of carbonyl (C=O) groups is 2. The second-order valence-electron chi connectivity index (χ2n) is 3.09. The molecule has 2 N–H and O–H groups in total. The minimum Gasteiger partial charge on any atom is -0.465 e. The minimum absolute atomic E-state index is 0.105. The monoisotopic (exact) mass is 216 g/mol. The molecule has 1 aliphatic rings. The average Bonchev–Trinajstić information content (AvgIpc) is 2.27. The summed E-state index contributed by atoms with van der Waals surface area (Å²) in [6.45, 7) is 3.67. The number of rotatable bonds is 4. The van der Waals surface area contributed by atoms with Crippen LogP contribution in [0.5, 0.6) is 0 Å². The van der Waals surface area contributed by atoms with Gasteiger partial charge in [0, 0.05) is 13.1 Å². The number of carbonyl (C=O) groups excluding carboxylic acids is 2. The lowest BCUT2D eigenvalue weighted by molar-refractivity contribution is -0.145. The first kappa shape index (κ1) is 11.9. The van der Waals surface area contributed by atoms with E-state index >= 15 is 0 Å². The van der Waals surface area contributed by atoms with E-state index in [1.165, 1.54) is 0 Å². The van der Waals surface area contributed by atoms with Crippen LogP contribution in [0.15, 0.2) is 0 Å². The number of amides is 1. The maximum absolute atomic E-state index is 11.4. The largest absolute Gasteiger partial charge is 0.465 e. The van der Waals surface area contributed by atoms with Crippen molar-refractivity contribution in [3.05, 3.63) is 0 Å². The summed E-state index contributed by atoms with van der Waals surface area (Å²) in [6, 6.07) is 0. The number of ether oxygens (including phenoxy) is 2. The van der Waals surface area contributed by atoms with E-state index in [1.54, 1.807) is 6.92 Å². The molecule has 6 nitrogen and oxygen atoms in total. The fourth-order valence-electron chi connectivity index (χ4n) is 1.22. The van der Waals surface area contributed by atoms with Gasteiger partial charge in [-0.3, -0.25) is 9.59 Å². The van der Waals surface area contributed by atoms with Gasteiger partial charge in [-0.1, -0.05) is 0 Å². The lowest BCUT2D eigenvalue weighted by atomic mass is 10.3. The van der Waals surface area contributed by atoms with Crippen LogP contribution in [0, 0.1) is 0 Å². The summed E-state index contributed by atoms with van der Waals surface area (Å²) in [6.07, 6.45) is -0.506. The molecule has 86 valence electrons. The molecule has 0 aliphatic carbocycles. The lowest BCUT2D eigenvalue weighted by Gasteiger charge is -2.22. The van der Waals surface area contributed by atoms with Crippen molar-refractivity contribution in [2.75, 3.05) is 32.8 Å². The Morgan fingerprint density at radius 2 is 2.40 bits per heavy atom. The summed E-state index contributed by atoms with van der Waals surface area (Å²) in [5, 5.41) is 5.48. The highest BCUT2D eigenvalue weighted by molar-refractivity contribution is 5.85. The average molecular weight is 216 g/mol. The molecule has 1 rings (SSSR count). The molecule has 0 aromatic carbocycles. The van der Waals surface area contributed by atoms with Crippen LogP contribution in [0.3, 0.4) is 0 Å². The Kier molecular flexibility index (Phi) is 5.06. The van der Waals surface area contributed by atoms with Crippen LogP contribution in [0.25, 0.3) is 0 Å². The van der Waals surface area contributed by atoms with E-state index in [2.05, 4.69) is 15.4 Å². The van der Waals surface area contributed by atoms with Gasteiger partial charge < -0.3 is 20.1 Å². The summed E-state index contributed by atoms with van der Waals surface area (Å²) in [4.78, 5) is 22.4. The topological polar surface area (TPSA) is 76.7 Å². The van der Waals surface area contributed by atoms with Crippen LogP contribution in [-0.4, -0.2) is 50.8 Å². The predicted molar refractivity (Wildman–Crippen MR) is 52.3 cm³/mol. The van der Waals surface area contributed by atoms with Crippen molar-refractivity contribution in [3.8, 4) is 0 Å². The van der Waals surface area contributed by atoms with Gasteiger partial charge in [-0.05, 0) is 6.92 Å². The van der Waals surface area contributed by atoms with Crippen molar-refractivity contribution in [1.29, 1.82) is 0 Å². The van der Waals surface area contributed by atoms with E-state index < -0.39 is 12.1 Å². The molecule has 6 heteroatoms. The van der Waals surface area contributed by atoms with Gasteiger partial charge in [0.2, 0.25) is 0 Å². The normalized spacial score (nSPS) is 20.7. The van der Waals surface area contributed by atoms with Crippen molar-refractivity contribution in [3.63, 3.8) is 0 Å². The first-order chi connectivity index (χ1) is 7.24. The number of esters is 1. The zero-order valence-corrected chi connectivity index (χ0v) is 8.75. The quantitative estimate of drug-likeness (QED) is 0.568. The molecule has 1 atom stereocenters. The van der Waals surface area contributed by atoms with E-state index in [9.17, 15) is 9.59 Å². The Morgan fingerprint density at radius 3 is 3.00 bits per heavy atom. The van der Waals surface area contributed by atoms with Crippen LogP contribution >= 0.6 is 0 Å². The van der Waals surface area contributed by atoms with Gasteiger partial charge in [0.1, 0.15) is 12.6 Å². The van der Waals surface area contributed by atoms with Crippen LogP contribution in [0.4, 0.5) is 0 Å². The SMILES string of the molecule is CCOC(=O)CNC(=O)C1CNCCO1. The van der Waals surface area contributed by atoms with E-state index in [4.69, 9.17) is 4.74 Å². The highest BCUT2D eigenvalue weighted by atomic mass is 16.5. The van der Waals surface area contributed by atoms with E-state index in [0.717, 1.165) is 6.54 Å². The Hall–Kier alpha value is -1.14. The third kappa shape index (κ3) is 4.26. The molecular weight excluding hydrogens is 200 g/mol. The van der Waals surface area contributed by atoms with Crippen molar-refractivity contribution in [2.24, 2.45) is 0 Å². The zero-order valence-electron chi connectivity index (χ0n) is 8.75. The second-order valence-corrected chi connectivity index (χ2v) is 3.09. The van der Waals surface area contributed by atoms with E-state index in [1.807, 2.05) is 0 Å². The predicted octanol–water partition coefficient (Wildman–Crippen LogP) is -1.35. The van der Waals surface area contributed by atoms with Gasteiger partial charge in [-0.25, -0.2) is 0 Å².